The Bertz CT molecular complexity index is 847. The van der Waals surface area contributed by atoms with Gasteiger partial charge in [0.25, 0.3) is 5.91 Å². The number of rotatable bonds is 3. The molecule has 8 nitrogen and oxygen atoms in total. The van der Waals surface area contributed by atoms with Gasteiger partial charge in [0.15, 0.2) is 0 Å². The van der Waals surface area contributed by atoms with Crippen LogP contribution in [0, 0.1) is 11.8 Å². The van der Waals surface area contributed by atoms with Crippen LogP contribution in [0.15, 0.2) is 24.7 Å². The van der Waals surface area contributed by atoms with Crippen LogP contribution in [0.3, 0.4) is 0 Å². The third-order valence-corrected chi connectivity index (χ3v) is 6.34. The number of piperidine rings is 3. The van der Waals surface area contributed by atoms with Crippen LogP contribution in [0.25, 0.3) is 5.78 Å². The Kier molecular flexibility index (Phi) is 4.07. The summed E-state index contributed by atoms with van der Waals surface area (Å²) < 4.78 is 1.73. The van der Waals surface area contributed by atoms with Crippen molar-refractivity contribution >= 4 is 17.6 Å². The van der Waals surface area contributed by atoms with Gasteiger partial charge in [-0.05, 0) is 43.7 Å². The fourth-order valence-corrected chi connectivity index (χ4v) is 5.12. The fraction of sp³-hybridized carbons (Fsp3) is 0.579. The lowest BCUT2D eigenvalue weighted by Gasteiger charge is -2.54. The number of amides is 2. The van der Waals surface area contributed by atoms with Gasteiger partial charge in [0, 0.05) is 44.1 Å². The molecule has 27 heavy (non-hydrogen) atoms. The van der Waals surface area contributed by atoms with Crippen LogP contribution in [-0.4, -0.2) is 62.8 Å². The van der Waals surface area contributed by atoms with E-state index < -0.39 is 0 Å². The number of carbonyl (C=O) groups is 2. The number of hydrogen-bond donors (Lipinski definition) is 2. The van der Waals surface area contributed by atoms with Gasteiger partial charge in [0.1, 0.15) is 5.69 Å². The molecule has 0 saturated carbocycles. The Morgan fingerprint density at radius 1 is 1.33 bits per heavy atom. The molecule has 2 bridgehead atoms. The van der Waals surface area contributed by atoms with E-state index in [0.717, 1.165) is 32.4 Å². The molecule has 8 heteroatoms. The summed E-state index contributed by atoms with van der Waals surface area (Å²) in [5.74, 6) is 1.48. The molecule has 3 fully saturated rings. The molecule has 0 radical (unpaired) electrons. The molecule has 3 aliphatic heterocycles. The maximum absolute atomic E-state index is 12.7. The molecule has 142 valence electrons. The first-order valence-corrected chi connectivity index (χ1v) is 9.80. The van der Waals surface area contributed by atoms with Crippen molar-refractivity contribution in [2.75, 3.05) is 19.6 Å². The third-order valence-electron chi connectivity index (χ3n) is 6.34. The van der Waals surface area contributed by atoms with E-state index in [9.17, 15) is 9.59 Å². The highest BCUT2D eigenvalue weighted by molar-refractivity contribution is 5.92. The lowest BCUT2D eigenvalue weighted by atomic mass is 9.72. The summed E-state index contributed by atoms with van der Waals surface area (Å²) in [4.78, 5) is 35.8. The van der Waals surface area contributed by atoms with E-state index in [4.69, 9.17) is 0 Å². The Balaban J connectivity index is 1.33. The largest absolute Gasteiger partial charge is 0.349 e. The Labute approximate surface area is 157 Å². The number of carbonyl (C=O) groups excluding carboxylic acids is 2. The van der Waals surface area contributed by atoms with Gasteiger partial charge < -0.3 is 15.5 Å². The van der Waals surface area contributed by atoms with Crippen molar-refractivity contribution in [2.24, 2.45) is 11.8 Å². The third kappa shape index (κ3) is 2.88. The molecule has 5 heterocycles. The monoisotopic (exact) mass is 368 g/mol. The van der Waals surface area contributed by atoms with Crippen molar-refractivity contribution in [3.8, 4) is 0 Å². The second-order valence-corrected chi connectivity index (χ2v) is 7.91. The molecule has 2 N–H and O–H groups in total. The molecule has 2 amide bonds. The predicted molar refractivity (Wildman–Crippen MR) is 98.1 cm³/mol. The smallest absolute Gasteiger partial charge is 0.271 e. The van der Waals surface area contributed by atoms with Crippen LogP contribution in [0.5, 0.6) is 0 Å². The molecule has 3 saturated heterocycles. The molecule has 0 unspecified atom stereocenters. The predicted octanol–water partition coefficient (Wildman–Crippen LogP) is 0.448. The minimum atomic E-state index is -0.215. The SMILES string of the molecule is O=C(NC[C@H]1[C@@H]2CNC[C@@H](C2)[C@@H]2CCCC(=O)N21)c1cn2cccnc2n1. The van der Waals surface area contributed by atoms with E-state index in [1.54, 1.807) is 22.9 Å². The normalized spacial score (nSPS) is 30.2. The minimum Gasteiger partial charge on any atom is -0.349 e. The van der Waals surface area contributed by atoms with E-state index in [1.807, 2.05) is 6.20 Å². The van der Waals surface area contributed by atoms with E-state index >= 15 is 0 Å². The first-order chi connectivity index (χ1) is 13.2. The van der Waals surface area contributed by atoms with Gasteiger partial charge in [-0.2, -0.15) is 0 Å². The molecule has 0 spiro atoms. The number of nitrogens with zero attached hydrogens (tertiary/aromatic N) is 4. The molecular weight excluding hydrogens is 344 g/mol. The molecule has 4 atom stereocenters. The van der Waals surface area contributed by atoms with Crippen molar-refractivity contribution in [1.29, 1.82) is 0 Å². The van der Waals surface area contributed by atoms with Crippen LogP contribution >= 0.6 is 0 Å². The van der Waals surface area contributed by atoms with E-state index in [2.05, 4.69) is 25.5 Å². The first-order valence-electron chi connectivity index (χ1n) is 9.80. The molecule has 2 aromatic rings. The van der Waals surface area contributed by atoms with Gasteiger partial charge in [-0.25, -0.2) is 9.97 Å². The molecule has 3 aliphatic rings. The lowest BCUT2D eigenvalue weighted by Crippen LogP contribution is -2.66. The summed E-state index contributed by atoms with van der Waals surface area (Å²) in [5, 5.41) is 6.55. The molecule has 0 aromatic carbocycles. The Morgan fingerprint density at radius 2 is 2.22 bits per heavy atom. The zero-order valence-electron chi connectivity index (χ0n) is 15.2. The standard InChI is InChI=1S/C19H24N6O2/c26-17-4-1-3-15-12-7-13(9-20-8-12)16(25(15)17)10-22-18(27)14-11-24-6-2-5-21-19(24)23-14/h2,5-6,11-13,15-16,20H,1,3-4,7-10H2,(H,22,27)/t12-,13+,15+,16+/m1/s1. The lowest BCUT2D eigenvalue weighted by molar-refractivity contribution is -0.148. The van der Waals surface area contributed by atoms with Crippen molar-refractivity contribution in [3.63, 3.8) is 0 Å². The second kappa shape index (κ2) is 6.60. The first kappa shape index (κ1) is 16.7. The maximum Gasteiger partial charge on any atom is 0.271 e. The van der Waals surface area contributed by atoms with Gasteiger partial charge in [0.05, 0.1) is 6.04 Å². The van der Waals surface area contributed by atoms with E-state index in [0.29, 0.717) is 42.3 Å². The second-order valence-electron chi connectivity index (χ2n) is 7.91. The molecule has 5 rings (SSSR count). The van der Waals surface area contributed by atoms with Crippen molar-refractivity contribution in [3.05, 3.63) is 30.4 Å². The fourth-order valence-electron chi connectivity index (χ4n) is 5.12. The van der Waals surface area contributed by atoms with Gasteiger partial charge in [-0.15, -0.1) is 0 Å². The Hall–Kier alpha value is -2.48. The van der Waals surface area contributed by atoms with Crippen LogP contribution in [-0.2, 0) is 4.79 Å². The topological polar surface area (TPSA) is 91.6 Å². The zero-order valence-corrected chi connectivity index (χ0v) is 15.2. The number of aromatic nitrogens is 3. The summed E-state index contributed by atoms with van der Waals surface area (Å²) in [6, 6.07) is 2.18. The van der Waals surface area contributed by atoms with Gasteiger partial charge in [0.2, 0.25) is 11.7 Å². The average Bonchev–Trinajstić information content (AvgIpc) is 3.13. The summed E-state index contributed by atoms with van der Waals surface area (Å²) >= 11 is 0. The Morgan fingerprint density at radius 3 is 3.11 bits per heavy atom. The highest BCUT2D eigenvalue weighted by Gasteiger charge is 2.47. The molecular formula is C19H24N6O2. The zero-order chi connectivity index (χ0) is 18.4. The van der Waals surface area contributed by atoms with Crippen LogP contribution in [0.2, 0.25) is 0 Å². The number of fused-ring (bicyclic) bond motifs is 5. The van der Waals surface area contributed by atoms with E-state index in [1.165, 1.54) is 0 Å². The summed E-state index contributed by atoms with van der Waals surface area (Å²) in [6.07, 6.45) is 8.98. The quantitative estimate of drug-likeness (QED) is 0.821. The van der Waals surface area contributed by atoms with Gasteiger partial charge >= 0.3 is 0 Å². The van der Waals surface area contributed by atoms with Crippen molar-refractivity contribution < 1.29 is 9.59 Å². The van der Waals surface area contributed by atoms with Crippen molar-refractivity contribution in [1.82, 2.24) is 29.9 Å². The van der Waals surface area contributed by atoms with Gasteiger partial charge in [-0.1, -0.05) is 0 Å². The molecule has 2 aromatic heterocycles. The van der Waals surface area contributed by atoms with E-state index in [-0.39, 0.29) is 17.9 Å². The number of hydrogen-bond acceptors (Lipinski definition) is 5. The average molecular weight is 368 g/mol. The molecule has 0 aliphatic carbocycles. The summed E-state index contributed by atoms with van der Waals surface area (Å²) in [6.45, 7) is 2.38. The number of imidazole rings is 1. The summed E-state index contributed by atoms with van der Waals surface area (Å²) in [7, 11) is 0. The summed E-state index contributed by atoms with van der Waals surface area (Å²) in [5.41, 5.74) is 0.352. The van der Waals surface area contributed by atoms with Gasteiger partial charge in [-0.3, -0.25) is 14.0 Å². The number of nitrogens with one attached hydrogen (secondary N) is 2. The highest BCUT2D eigenvalue weighted by atomic mass is 16.2. The minimum absolute atomic E-state index is 0.0611. The highest BCUT2D eigenvalue weighted by Crippen LogP contribution is 2.39. The van der Waals surface area contributed by atoms with Crippen LogP contribution in [0.4, 0.5) is 0 Å². The van der Waals surface area contributed by atoms with Crippen LogP contribution < -0.4 is 10.6 Å². The van der Waals surface area contributed by atoms with Crippen molar-refractivity contribution in [2.45, 2.75) is 37.8 Å². The van der Waals surface area contributed by atoms with Crippen LogP contribution in [0.1, 0.15) is 36.2 Å². The maximum atomic E-state index is 12.7.